The van der Waals surface area contributed by atoms with Gasteiger partial charge in [0.2, 0.25) is 0 Å². The second-order valence-corrected chi connectivity index (χ2v) is 6.34. The Bertz CT molecular complexity index is 289. The molecule has 0 aliphatic carbocycles. The summed E-state index contributed by atoms with van der Waals surface area (Å²) in [6, 6.07) is 2.44. The quantitative estimate of drug-likeness (QED) is 0.759. The molecule has 1 rings (SSSR count). The van der Waals surface area contributed by atoms with Crippen LogP contribution >= 0.6 is 0 Å². The number of nitrogens with one attached hydrogen (secondary N) is 1. The molecule has 0 aromatic rings. The minimum Gasteiger partial charge on any atom is -0.301 e. The molecule has 19 heavy (non-hydrogen) atoms. The van der Waals surface area contributed by atoms with Crippen molar-refractivity contribution in [2.45, 2.75) is 39.7 Å². The van der Waals surface area contributed by atoms with Crippen LogP contribution in [0.3, 0.4) is 0 Å². The van der Waals surface area contributed by atoms with Crippen LogP contribution in [0.4, 0.5) is 0 Å². The summed E-state index contributed by atoms with van der Waals surface area (Å²) in [6.45, 7) is 16.1. The van der Waals surface area contributed by atoms with E-state index >= 15 is 0 Å². The molecule has 0 amide bonds. The van der Waals surface area contributed by atoms with E-state index in [1.165, 1.54) is 6.54 Å². The van der Waals surface area contributed by atoms with Crippen molar-refractivity contribution in [3.8, 4) is 6.07 Å². The van der Waals surface area contributed by atoms with Crippen LogP contribution in [0.15, 0.2) is 0 Å². The average molecular weight is 266 g/mol. The van der Waals surface area contributed by atoms with Crippen molar-refractivity contribution in [3.63, 3.8) is 0 Å². The Morgan fingerprint density at radius 3 is 2.26 bits per heavy atom. The lowest BCUT2D eigenvalue weighted by molar-refractivity contribution is 0.107. The summed E-state index contributed by atoms with van der Waals surface area (Å²) in [5.41, 5.74) is -0.407. The van der Waals surface area contributed by atoms with Crippen molar-refractivity contribution in [3.05, 3.63) is 0 Å². The van der Waals surface area contributed by atoms with E-state index in [1.807, 2.05) is 6.92 Å². The molecular weight excluding hydrogens is 236 g/mol. The zero-order valence-electron chi connectivity index (χ0n) is 13.1. The van der Waals surface area contributed by atoms with E-state index < -0.39 is 5.54 Å². The molecule has 1 aliphatic rings. The topological polar surface area (TPSA) is 42.3 Å². The van der Waals surface area contributed by atoms with Crippen LogP contribution in [0, 0.1) is 17.2 Å². The van der Waals surface area contributed by atoms with Crippen LogP contribution in [-0.2, 0) is 0 Å². The fourth-order valence-electron chi connectivity index (χ4n) is 2.63. The van der Waals surface area contributed by atoms with Crippen LogP contribution in [0.25, 0.3) is 0 Å². The summed E-state index contributed by atoms with van der Waals surface area (Å²) >= 11 is 0. The lowest BCUT2D eigenvalue weighted by Crippen LogP contribution is -2.55. The van der Waals surface area contributed by atoms with Crippen molar-refractivity contribution >= 4 is 0 Å². The first-order chi connectivity index (χ1) is 8.99. The molecule has 0 aromatic heterocycles. The second kappa shape index (κ2) is 7.84. The number of hydrogen-bond donors (Lipinski definition) is 1. The first-order valence-corrected chi connectivity index (χ1v) is 7.60. The summed E-state index contributed by atoms with van der Waals surface area (Å²) in [5.74, 6) is 0.738. The maximum Gasteiger partial charge on any atom is 0.116 e. The highest BCUT2D eigenvalue weighted by atomic mass is 15.3. The zero-order chi connectivity index (χ0) is 14.3. The van der Waals surface area contributed by atoms with Gasteiger partial charge in [0, 0.05) is 39.3 Å². The van der Waals surface area contributed by atoms with E-state index in [0.29, 0.717) is 0 Å². The molecule has 1 heterocycles. The van der Waals surface area contributed by atoms with Crippen molar-refractivity contribution in [1.29, 1.82) is 5.26 Å². The molecule has 1 unspecified atom stereocenters. The first-order valence-electron chi connectivity index (χ1n) is 7.60. The second-order valence-electron chi connectivity index (χ2n) is 6.34. The van der Waals surface area contributed by atoms with Gasteiger partial charge in [-0.2, -0.15) is 5.26 Å². The van der Waals surface area contributed by atoms with Gasteiger partial charge < -0.3 is 4.90 Å². The predicted octanol–water partition coefficient (Wildman–Crippen LogP) is 1.54. The van der Waals surface area contributed by atoms with E-state index in [0.717, 1.165) is 51.6 Å². The monoisotopic (exact) mass is 266 g/mol. The van der Waals surface area contributed by atoms with Crippen molar-refractivity contribution in [2.24, 2.45) is 5.92 Å². The number of piperazine rings is 1. The summed E-state index contributed by atoms with van der Waals surface area (Å²) in [4.78, 5) is 4.95. The molecule has 1 aliphatic heterocycles. The number of rotatable bonds is 7. The summed E-state index contributed by atoms with van der Waals surface area (Å²) in [5, 5.41) is 12.7. The molecule has 0 aromatic carbocycles. The van der Waals surface area contributed by atoms with Crippen molar-refractivity contribution < 1.29 is 0 Å². The molecule has 110 valence electrons. The minimum atomic E-state index is -0.407. The van der Waals surface area contributed by atoms with Gasteiger partial charge in [-0.25, -0.2) is 0 Å². The molecule has 1 fully saturated rings. The van der Waals surface area contributed by atoms with Gasteiger partial charge in [0.05, 0.1) is 6.07 Å². The van der Waals surface area contributed by atoms with Gasteiger partial charge in [-0.1, -0.05) is 20.8 Å². The van der Waals surface area contributed by atoms with E-state index in [4.69, 9.17) is 0 Å². The van der Waals surface area contributed by atoms with Crippen LogP contribution in [0.1, 0.15) is 34.1 Å². The van der Waals surface area contributed by atoms with E-state index in [-0.39, 0.29) is 0 Å². The molecule has 1 saturated heterocycles. The van der Waals surface area contributed by atoms with E-state index in [1.54, 1.807) is 0 Å². The molecule has 0 spiro atoms. The highest BCUT2D eigenvalue weighted by molar-refractivity contribution is 5.06. The number of hydrogen-bond acceptors (Lipinski definition) is 4. The van der Waals surface area contributed by atoms with E-state index in [9.17, 15) is 5.26 Å². The molecule has 0 bridgehead atoms. The highest BCUT2D eigenvalue weighted by Gasteiger charge is 2.28. The van der Waals surface area contributed by atoms with Gasteiger partial charge in [-0.3, -0.25) is 10.2 Å². The third-order valence-corrected chi connectivity index (χ3v) is 3.64. The average Bonchev–Trinajstić information content (AvgIpc) is 2.38. The Labute approximate surface area is 118 Å². The molecule has 4 nitrogen and oxygen atoms in total. The van der Waals surface area contributed by atoms with Crippen molar-refractivity contribution in [2.75, 3.05) is 45.8 Å². The van der Waals surface area contributed by atoms with E-state index in [2.05, 4.69) is 42.0 Å². The Kier molecular flexibility index (Phi) is 6.78. The first kappa shape index (κ1) is 16.4. The number of nitriles is 1. The third kappa shape index (κ3) is 5.90. The van der Waals surface area contributed by atoms with Gasteiger partial charge in [0.1, 0.15) is 5.54 Å². The summed E-state index contributed by atoms with van der Waals surface area (Å²) in [7, 11) is 0. The smallest absolute Gasteiger partial charge is 0.116 e. The minimum absolute atomic E-state index is 0.407. The summed E-state index contributed by atoms with van der Waals surface area (Å²) < 4.78 is 0. The molecule has 1 N–H and O–H groups in total. The lowest BCUT2D eigenvalue weighted by Gasteiger charge is -2.38. The fraction of sp³-hybridized carbons (Fsp3) is 0.933. The SMILES string of the molecule is CCCNC(C)(C#N)CN1CCN(CC(C)C)CC1. The molecule has 4 heteroatoms. The lowest BCUT2D eigenvalue weighted by atomic mass is 10.0. The third-order valence-electron chi connectivity index (χ3n) is 3.64. The maximum atomic E-state index is 9.36. The largest absolute Gasteiger partial charge is 0.301 e. The normalized spacial score (nSPS) is 21.3. The Hall–Kier alpha value is -0.630. The Morgan fingerprint density at radius 1 is 1.21 bits per heavy atom. The highest BCUT2D eigenvalue weighted by Crippen LogP contribution is 2.10. The molecular formula is C15H30N4. The molecule has 1 atom stereocenters. The molecule has 0 saturated carbocycles. The van der Waals surface area contributed by atoms with Crippen LogP contribution in [-0.4, -0.2) is 61.2 Å². The van der Waals surface area contributed by atoms with Gasteiger partial charge >= 0.3 is 0 Å². The van der Waals surface area contributed by atoms with Gasteiger partial charge in [0.15, 0.2) is 0 Å². The molecule has 0 radical (unpaired) electrons. The predicted molar refractivity (Wildman–Crippen MR) is 80.0 cm³/mol. The maximum absolute atomic E-state index is 9.36. The van der Waals surface area contributed by atoms with Gasteiger partial charge in [-0.15, -0.1) is 0 Å². The fourth-order valence-corrected chi connectivity index (χ4v) is 2.63. The van der Waals surface area contributed by atoms with Crippen LogP contribution < -0.4 is 5.32 Å². The van der Waals surface area contributed by atoms with Gasteiger partial charge in [-0.05, 0) is 25.8 Å². The zero-order valence-corrected chi connectivity index (χ0v) is 13.1. The van der Waals surface area contributed by atoms with Crippen molar-refractivity contribution in [1.82, 2.24) is 15.1 Å². The van der Waals surface area contributed by atoms with Crippen LogP contribution in [0.2, 0.25) is 0 Å². The summed E-state index contributed by atoms with van der Waals surface area (Å²) in [6.07, 6.45) is 1.07. The Balaban J connectivity index is 2.37. The number of nitrogens with zero attached hydrogens (tertiary/aromatic N) is 3. The standard InChI is InChI=1S/C15H30N4/c1-5-6-17-15(4,12-16)13-19-9-7-18(8-10-19)11-14(2)3/h14,17H,5-11,13H2,1-4H3. The van der Waals surface area contributed by atoms with Gasteiger partial charge in [0.25, 0.3) is 0 Å². The van der Waals surface area contributed by atoms with Crippen LogP contribution in [0.5, 0.6) is 0 Å². The Morgan fingerprint density at radius 2 is 1.79 bits per heavy atom.